The highest BCUT2D eigenvalue weighted by atomic mass is 16.5. The molecule has 3 rings (SSSR count). The third-order valence-corrected chi connectivity index (χ3v) is 4.06. The molecule has 0 radical (unpaired) electrons. The first kappa shape index (κ1) is 10.6. The molecule has 0 spiro atoms. The molecule has 0 bridgehead atoms. The smallest absolute Gasteiger partial charge is 0.209 e. The molecule has 90 valence electrons. The van der Waals surface area contributed by atoms with Crippen LogP contribution in [0.1, 0.15) is 18.9 Å². The van der Waals surface area contributed by atoms with E-state index in [1.165, 1.54) is 12.0 Å². The first-order valence-electron chi connectivity index (χ1n) is 6.21. The molecule has 1 saturated carbocycles. The van der Waals surface area contributed by atoms with Crippen LogP contribution in [0.3, 0.4) is 0 Å². The highest BCUT2D eigenvalue weighted by molar-refractivity contribution is 5.52. The summed E-state index contributed by atoms with van der Waals surface area (Å²) in [5, 5.41) is 0. The Kier molecular flexibility index (Phi) is 2.35. The molecule has 1 aromatic carbocycles. The molecule has 1 amide bonds. The average molecular weight is 231 g/mol. The van der Waals surface area contributed by atoms with Crippen LogP contribution in [0.4, 0.5) is 0 Å². The van der Waals surface area contributed by atoms with Gasteiger partial charge in [0.2, 0.25) is 6.41 Å². The van der Waals surface area contributed by atoms with E-state index in [9.17, 15) is 4.79 Å². The maximum absolute atomic E-state index is 10.8. The fourth-order valence-corrected chi connectivity index (χ4v) is 3.10. The second-order valence-corrected chi connectivity index (χ2v) is 5.05. The zero-order valence-corrected chi connectivity index (χ0v) is 10.1. The van der Waals surface area contributed by atoms with E-state index in [1.807, 2.05) is 24.0 Å². The number of fused-ring (bicyclic) bond motifs is 1. The number of piperidine rings is 1. The highest BCUT2D eigenvalue weighted by Crippen LogP contribution is 2.58. The van der Waals surface area contributed by atoms with Crippen molar-refractivity contribution in [1.29, 1.82) is 0 Å². The van der Waals surface area contributed by atoms with Crippen molar-refractivity contribution in [3.8, 4) is 5.75 Å². The third-order valence-electron chi connectivity index (χ3n) is 4.06. The molecule has 2 aliphatic rings. The molecule has 3 nitrogen and oxygen atoms in total. The Morgan fingerprint density at radius 3 is 2.82 bits per heavy atom. The van der Waals surface area contributed by atoms with Crippen LogP contribution in [0.5, 0.6) is 5.75 Å². The number of ether oxygens (including phenoxy) is 1. The van der Waals surface area contributed by atoms with E-state index in [2.05, 4.69) is 12.1 Å². The van der Waals surface area contributed by atoms with Crippen LogP contribution in [-0.2, 0) is 10.2 Å². The van der Waals surface area contributed by atoms with E-state index in [1.54, 1.807) is 0 Å². The van der Waals surface area contributed by atoms with E-state index < -0.39 is 0 Å². The first-order chi connectivity index (χ1) is 8.28. The van der Waals surface area contributed by atoms with Gasteiger partial charge < -0.3 is 9.64 Å². The van der Waals surface area contributed by atoms with E-state index in [0.29, 0.717) is 12.5 Å². The summed E-state index contributed by atoms with van der Waals surface area (Å²) >= 11 is 0. The molecule has 1 aromatic rings. The van der Waals surface area contributed by atoms with Crippen molar-refractivity contribution in [2.45, 2.75) is 18.8 Å². The van der Waals surface area contributed by atoms with Crippen molar-refractivity contribution in [2.75, 3.05) is 19.7 Å². The number of hydrogen-bond donors (Lipinski definition) is 0. The summed E-state index contributed by atoms with van der Waals surface area (Å²) in [6, 6.07) is 8.37. The second kappa shape index (κ2) is 3.76. The summed E-state index contributed by atoms with van der Waals surface area (Å²) in [4.78, 5) is 12.7. The van der Waals surface area contributed by atoms with Crippen molar-refractivity contribution in [2.24, 2.45) is 5.92 Å². The van der Waals surface area contributed by atoms with Crippen LogP contribution >= 0.6 is 0 Å². The monoisotopic (exact) mass is 231 g/mol. The number of benzene rings is 1. The van der Waals surface area contributed by atoms with Crippen molar-refractivity contribution >= 4 is 6.41 Å². The second-order valence-electron chi connectivity index (χ2n) is 5.05. The lowest BCUT2D eigenvalue weighted by Crippen LogP contribution is -2.24. The SMILES string of the molecule is CCOc1ccc([C@]23C[C@@H]2CN(C=O)C3)cc1. The van der Waals surface area contributed by atoms with Gasteiger partial charge in [0.1, 0.15) is 5.75 Å². The Bertz CT molecular complexity index is 428. The molecule has 0 N–H and O–H groups in total. The molecule has 1 saturated heterocycles. The van der Waals surface area contributed by atoms with Crippen molar-refractivity contribution in [1.82, 2.24) is 4.90 Å². The minimum Gasteiger partial charge on any atom is -0.494 e. The van der Waals surface area contributed by atoms with Gasteiger partial charge in [-0.15, -0.1) is 0 Å². The van der Waals surface area contributed by atoms with Crippen LogP contribution in [0.15, 0.2) is 24.3 Å². The summed E-state index contributed by atoms with van der Waals surface area (Å²) in [5.74, 6) is 1.60. The van der Waals surface area contributed by atoms with Gasteiger partial charge in [0.15, 0.2) is 0 Å². The molecule has 0 aromatic heterocycles. The summed E-state index contributed by atoms with van der Waals surface area (Å²) in [5.41, 5.74) is 1.61. The lowest BCUT2D eigenvalue weighted by atomic mass is 9.95. The largest absolute Gasteiger partial charge is 0.494 e. The van der Waals surface area contributed by atoms with Gasteiger partial charge in [-0.05, 0) is 37.0 Å². The van der Waals surface area contributed by atoms with Crippen LogP contribution in [0.2, 0.25) is 0 Å². The van der Waals surface area contributed by atoms with E-state index in [4.69, 9.17) is 4.74 Å². The zero-order chi connectivity index (χ0) is 11.9. The summed E-state index contributed by atoms with van der Waals surface area (Å²) in [6.07, 6.45) is 2.20. The molecule has 1 aliphatic heterocycles. The Labute approximate surface area is 101 Å². The van der Waals surface area contributed by atoms with Gasteiger partial charge in [0, 0.05) is 18.5 Å². The van der Waals surface area contributed by atoms with Crippen LogP contribution < -0.4 is 4.74 Å². The summed E-state index contributed by atoms with van der Waals surface area (Å²) < 4.78 is 5.45. The van der Waals surface area contributed by atoms with Gasteiger partial charge in [0.05, 0.1) is 6.61 Å². The van der Waals surface area contributed by atoms with Gasteiger partial charge in [-0.2, -0.15) is 0 Å². The molecule has 0 unspecified atom stereocenters. The number of amides is 1. The lowest BCUT2D eigenvalue weighted by molar-refractivity contribution is -0.117. The van der Waals surface area contributed by atoms with Gasteiger partial charge >= 0.3 is 0 Å². The zero-order valence-electron chi connectivity index (χ0n) is 10.1. The maximum atomic E-state index is 10.8. The highest BCUT2D eigenvalue weighted by Gasteiger charge is 2.60. The van der Waals surface area contributed by atoms with Gasteiger partial charge in [-0.1, -0.05) is 12.1 Å². The molecule has 1 heterocycles. The molecule has 17 heavy (non-hydrogen) atoms. The summed E-state index contributed by atoms with van der Waals surface area (Å²) in [6.45, 7) is 4.50. The number of carbonyl (C=O) groups excluding carboxylic acids is 1. The minimum atomic E-state index is 0.256. The van der Waals surface area contributed by atoms with Crippen molar-refractivity contribution < 1.29 is 9.53 Å². The molecular weight excluding hydrogens is 214 g/mol. The number of nitrogens with zero attached hydrogens (tertiary/aromatic N) is 1. The number of carbonyl (C=O) groups is 1. The van der Waals surface area contributed by atoms with Gasteiger partial charge in [0.25, 0.3) is 0 Å². The molecule has 2 atom stereocenters. The molecule has 3 heteroatoms. The third kappa shape index (κ3) is 1.61. The number of rotatable bonds is 4. The maximum Gasteiger partial charge on any atom is 0.209 e. The topological polar surface area (TPSA) is 29.5 Å². The Hall–Kier alpha value is -1.51. The predicted octanol–water partition coefficient (Wildman–Crippen LogP) is 1.81. The number of hydrogen-bond acceptors (Lipinski definition) is 2. The molecule has 1 aliphatic carbocycles. The Balaban J connectivity index is 1.79. The minimum absolute atomic E-state index is 0.256. The van der Waals surface area contributed by atoms with Crippen molar-refractivity contribution in [3.63, 3.8) is 0 Å². The molecule has 2 fully saturated rings. The van der Waals surface area contributed by atoms with E-state index in [0.717, 1.165) is 25.2 Å². The predicted molar refractivity (Wildman–Crippen MR) is 65.0 cm³/mol. The number of likely N-dealkylation sites (tertiary alicyclic amines) is 1. The van der Waals surface area contributed by atoms with Crippen LogP contribution in [0, 0.1) is 5.92 Å². The fraction of sp³-hybridized carbons (Fsp3) is 0.500. The Morgan fingerprint density at radius 1 is 1.47 bits per heavy atom. The summed E-state index contributed by atoms with van der Waals surface area (Å²) in [7, 11) is 0. The van der Waals surface area contributed by atoms with Gasteiger partial charge in [-0.25, -0.2) is 0 Å². The average Bonchev–Trinajstić information content (AvgIpc) is 2.93. The molecular formula is C14H17NO2. The van der Waals surface area contributed by atoms with Crippen molar-refractivity contribution in [3.05, 3.63) is 29.8 Å². The van der Waals surface area contributed by atoms with E-state index in [-0.39, 0.29) is 5.41 Å². The standard InChI is InChI=1S/C14H17NO2/c1-2-17-13-5-3-11(4-6-13)14-7-12(14)8-15(9-14)10-16/h3-6,10,12H,2,7-9H2,1H3/t12-,14-/m1/s1. The van der Waals surface area contributed by atoms with E-state index >= 15 is 0 Å². The Morgan fingerprint density at radius 2 is 2.24 bits per heavy atom. The van der Waals surface area contributed by atoms with Gasteiger partial charge in [-0.3, -0.25) is 4.79 Å². The normalized spacial score (nSPS) is 29.9. The van der Waals surface area contributed by atoms with Crippen LogP contribution in [-0.4, -0.2) is 31.0 Å². The quantitative estimate of drug-likeness (QED) is 0.740. The fourth-order valence-electron chi connectivity index (χ4n) is 3.10. The first-order valence-corrected chi connectivity index (χ1v) is 6.21. The van der Waals surface area contributed by atoms with Crippen LogP contribution in [0.25, 0.3) is 0 Å². The lowest BCUT2D eigenvalue weighted by Gasteiger charge is -2.17.